The monoisotopic (exact) mass is 367 g/mol. The van der Waals surface area contributed by atoms with E-state index in [2.05, 4.69) is 0 Å². The van der Waals surface area contributed by atoms with Gasteiger partial charge < -0.3 is 13.9 Å². The van der Waals surface area contributed by atoms with Crippen molar-refractivity contribution in [3.05, 3.63) is 88.3 Å². The second-order valence-corrected chi connectivity index (χ2v) is 7.64. The maximum absolute atomic E-state index is 12.4. The molecule has 1 heterocycles. The maximum Gasteiger partial charge on any atom is 0.292 e. The lowest BCUT2D eigenvalue weighted by Gasteiger charge is -2.11. The lowest BCUT2D eigenvalue weighted by molar-refractivity contribution is 0.300. The van der Waals surface area contributed by atoms with Gasteiger partial charge >= 0.3 is 0 Å². The fourth-order valence-corrected chi connectivity index (χ4v) is 3.40. The number of ether oxygens (including phenoxy) is 1. The third-order valence-electron chi connectivity index (χ3n) is 4.02. The average molecular weight is 367 g/mol. The van der Waals surface area contributed by atoms with E-state index in [1.807, 2.05) is 54.6 Å². The van der Waals surface area contributed by atoms with Gasteiger partial charge in [-0.3, -0.25) is 4.79 Å². The molecule has 0 saturated heterocycles. The molecule has 0 bridgehead atoms. The van der Waals surface area contributed by atoms with Crippen LogP contribution >= 0.6 is 0 Å². The summed E-state index contributed by atoms with van der Waals surface area (Å²) in [6, 6.07) is 19.4. The Hall–Kier alpha value is -2.50. The molecule has 3 rings (SSSR count). The van der Waals surface area contributed by atoms with Gasteiger partial charge in [0.1, 0.15) is 12.4 Å². The number of aryl methyl sites for hydroxylation is 1. The van der Waals surface area contributed by atoms with Crippen molar-refractivity contribution in [2.24, 2.45) is 7.05 Å². The highest BCUT2D eigenvalue weighted by Gasteiger charge is 2.10. The fourth-order valence-electron chi connectivity index (χ4n) is 2.75. The summed E-state index contributed by atoms with van der Waals surface area (Å²) < 4.78 is 18.8. The van der Waals surface area contributed by atoms with Crippen LogP contribution in [0.15, 0.2) is 71.7 Å². The lowest BCUT2D eigenvalue weighted by atomic mass is 10.1. The lowest BCUT2D eigenvalue weighted by Crippen LogP contribution is -2.18. The van der Waals surface area contributed by atoms with Gasteiger partial charge in [-0.15, -0.1) is 0 Å². The van der Waals surface area contributed by atoms with Gasteiger partial charge in [0, 0.05) is 24.4 Å². The molecule has 1 atom stereocenters. The van der Waals surface area contributed by atoms with Gasteiger partial charge in [0.15, 0.2) is 5.75 Å². The smallest absolute Gasteiger partial charge is 0.292 e. The Balaban J connectivity index is 1.89. The minimum absolute atomic E-state index is 0.171. The summed E-state index contributed by atoms with van der Waals surface area (Å²) in [4.78, 5) is 12.4. The first kappa shape index (κ1) is 18.3. The van der Waals surface area contributed by atoms with Crippen molar-refractivity contribution in [2.45, 2.75) is 12.4 Å². The Labute approximate surface area is 156 Å². The number of nitrogens with zero attached hydrogens (tertiary/aromatic N) is 1. The fraction of sp³-hybridized carbons (Fsp3) is 0.190. The van der Waals surface area contributed by atoms with E-state index < -0.39 is 11.2 Å². The predicted molar refractivity (Wildman–Crippen MR) is 106 cm³/mol. The van der Waals surface area contributed by atoms with E-state index in [1.54, 1.807) is 25.6 Å². The van der Waals surface area contributed by atoms with Crippen molar-refractivity contribution in [1.82, 2.24) is 4.57 Å². The highest BCUT2D eigenvalue weighted by Crippen LogP contribution is 2.23. The number of hydrogen-bond donors (Lipinski definition) is 0. The van der Waals surface area contributed by atoms with Crippen LogP contribution in [0.1, 0.15) is 11.1 Å². The molecule has 1 unspecified atom stereocenters. The van der Waals surface area contributed by atoms with Crippen LogP contribution in [0.2, 0.25) is 0 Å². The van der Waals surface area contributed by atoms with Crippen LogP contribution in [0.3, 0.4) is 0 Å². The van der Waals surface area contributed by atoms with E-state index in [1.165, 1.54) is 4.57 Å². The molecule has 134 valence electrons. The Morgan fingerprint density at radius 2 is 1.73 bits per heavy atom. The van der Waals surface area contributed by atoms with Crippen LogP contribution in [0.25, 0.3) is 11.1 Å². The molecule has 0 aliphatic rings. The first-order valence-electron chi connectivity index (χ1n) is 8.29. The molecule has 0 fully saturated rings. The Morgan fingerprint density at radius 3 is 2.46 bits per heavy atom. The van der Waals surface area contributed by atoms with Crippen LogP contribution in [0.5, 0.6) is 5.75 Å². The summed E-state index contributed by atoms with van der Waals surface area (Å²) in [5.41, 5.74) is 3.69. The summed E-state index contributed by atoms with van der Waals surface area (Å²) in [5, 5.41) is 0. The molecular formula is C21H21NO3S. The van der Waals surface area contributed by atoms with Crippen molar-refractivity contribution >= 4 is 11.2 Å². The van der Waals surface area contributed by atoms with Gasteiger partial charge in [0.25, 0.3) is 5.56 Å². The topological polar surface area (TPSA) is 54.3 Å². The van der Waals surface area contributed by atoms with Crippen LogP contribution in [0.4, 0.5) is 0 Å². The number of aromatic nitrogens is 1. The molecule has 1 aromatic heterocycles. The molecule has 26 heavy (non-hydrogen) atoms. The number of pyridine rings is 1. The molecule has 0 amide bonds. The van der Waals surface area contributed by atoms with Crippen LogP contribution in [0, 0.1) is 0 Å². The minimum Gasteiger partial charge on any atom is -0.616 e. The standard InChI is InChI=1S/C21H21NO3S/c1-22-13-19(18-10-6-9-17(11-18)15-26(2)24)12-20(21(22)23)25-14-16-7-4-3-5-8-16/h3-13H,14-15H2,1-2H3. The zero-order valence-corrected chi connectivity index (χ0v) is 15.7. The van der Waals surface area contributed by atoms with Crippen molar-refractivity contribution in [3.8, 4) is 16.9 Å². The Bertz CT molecular complexity index is 935. The Morgan fingerprint density at radius 1 is 1.00 bits per heavy atom. The number of rotatable bonds is 6. The third-order valence-corrected chi connectivity index (χ3v) is 4.76. The normalized spacial score (nSPS) is 12.0. The van der Waals surface area contributed by atoms with E-state index in [0.29, 0.717) is 18.1 Å². The molecule has 0 spiro atoms. The van der Waals surface area contributed by atoms with Gasteiger partial charge in [-0.1, -0.05) is 59.7 Å². The molecule has 5 heteroatoms. The summed E-state index contributed by atoms with van der Waals surface area (Å²) in [5.74, 6) is 0.829. The average Bonchev–Trinajstić information content (AvgIpc) is 2.63. The maximum atomic E-state index is 12.4. The molecular weight excluding hydrogens is 346 g/mol. The molecule has 0 aliphatic carbocycles. The number of benzene rings is 2. The zero-order chi connectivity index (χ0) is 18.5. The molecule has 0 aliphatic heterocycles. The van der Waals surface area contributed by atoms with Crippen molar-refractivity contribution < 1.29 is 9.29 Å². The highest BCUT2D eigenvalue weighted by molar-refractivity contribution is 7.89. The van der Waals surface area contributed by atoms with Gasteiger partial charge in [0.05, 0.1) is 6.26 Å². The summed E-state index contributed by atoms with van der Waals surface area (Å²) in [6.45, 7) is 0.342. The van der Waals surface area contributed by atoms with Gasteiger partial charge in [-0.05, 0) is 23.3 Å². The summed E-state index contributed by atoms with van der Waals surface area (Å²) in [7, 11) is 1.71. The van der Waals surface area contributed by atoms with Crippen molar-refractivity contribution in [2.75, 3.05) is 6.26 Å². The van der Waals surface area contributed by atoms with E-state index in [-0.39, 0.29) is 5.56 Å². The van der Waals surface area contributed by atoms with E-state index in [0.717, 1.165) is 22.3 Å². The van der Waals surface area contributed by atoms with E-state index >= 15 is 0 Å². The highest BCUT2D eigenvalue weighted by atomic mass is 32.2. The molecule has 0 radical (unpaired) electrons. The summed E-state index contributed by atoms with van der Waals surface area (Å²) in [6.07, 6.45) is 3.48. The van der Waals surface area contributed by atoms with Crippen molar-refractivity contribution in [3.63, 3.8) is 0 Å². The van der Waals surface area contributed by atoms with E-state index in [9.17, 15) is 9.35 Å². The largest absolute Gasteiger partial charge is 0.616 e. The number of hydrogen-bond acceptors (Lipinski definition) is 3. The van der Waals surface area contributed by atoms with E-state index in [4.69, 9.17) is 4.74 Å². The van der Waals surface area contributed by atoms with Crippen molar-refractivity contribution in [1.29, 1.82) is 0 Å². The first-order chi connectivity index (χ1) is 12.5. The molecule has 2 aromatic carbocycles. The van der Waals surface area contributed by atoms with Gasteiger partial charge in [-0.25, -0.2) is 0 Å². The van der Waals surface area contributed by atoms with Gasteiger partial charge in [0.2, 0.25) is 0 Å². The van der Waals surface area contributed by atoms with Gasteiger partial charge in [-0.2, -0.15) is 0 Å². The second kappa shape index (κ2) is 8.25. The minimum atomic E-state index is -0.898. The molecule has 4 nitrogen and oxygen atoms in total. The summed E-state index contributed by atoms with van der Waals surface area (Å²) >= 11 is -0.898. The first-order valence-corrected chi connectivity index (χ1v) is 10.0. The van der Waals surface area contributed by atoms with Crippen LogP contribution < -0.4 is 10.3 Å². The van der Waals surface area contributed by atoms with Crippen LogP contribution in [-0.2, 0) is 30.6 Å². The third kappa shape index (κ3) is 4.56. The Kier molecular flexibility index (Phi) is 5.81. The quantitative estimate of drug-likeness (QED) is 0.627. The second-order valence-electron chi connectivity index (χ2n) is 6.20. The molecule has 3 aromatic rings. The molecule has 0 N–H and O–H groups in total. The SMILES string of the molecule is Cn1cc(-c2cccc(C[S+](C)[O-])c2)cc(OCc2ccccc2)c1=O. The van der Waals surface area contributed by atoms with Crippen LogP contribution in [-0.4, -0.2) is 15.4 Å². The predicted octanol–water partition coefficient (Wildman–Crippen LogP) is 3.51. The zero-order valence-electron chi connectivity index (χ0n) is 14.8. The molecule has 0 saturated carbocycles.